The lowest BCUT2D eigenvalue weighted by molar-refractivity contribution is 0.685. The molecular formula is C9H9Cl2N3. The highest BCUT2D eigenvalue weighted by molar-refractivity contribution is 6.35. The van der Waals surface area contributed by atoms with Crippen molar-refractivity contribution in [2.45, 2.75) is 19.9 Å². The fraction of sp³-hybridized carbons (Fsp3) is 0.333. The third-order valence-electron chi connectivity index (χ3n) is 1.97. The smallest absolute Gasteiger partial charge is 0.224 e. The first-order valence-electron chi connectivity index (χ1n) is 4.39. The number of aromatic nitrogens is 3. The molecule has 0 N–H and O–H groups in total. The number of hydrogen-bond donors (Lipinski definition) is 0. The van der Waals surface area contributed by atoms with Crippen molar-refractivity contribution in [2.75, 3.05) is 0 Å². The Labute approximate surface area is 91.7 Å². The second-order valence-electron chi connectivity index (χ2n) is 3.08. The van der Waals surface area contributed by atoms with Gasteiger partial charge in [-0.3, -0.25) is 0 Å². The van der Waals surface area contributed by atoms with E-state index in [1.165, 1.54) is 0 Å². The van der Waals surface area contributed by atoms with E-state index in [-0.39, 0.29) is 5.28 Å². The predicted octanol–water partition coefficient (Wildman–Crippen LogP) is 3.15. The molecule has 2 heterocycles. The molecule has 0 aromatic carbocycles. The molecule has 0 aliphatic heterocycles. The average molecular weight is 230 g/mol. The van der Waals surface area contributed by atoms with Gasteiger partial charge in [-0.2, -0.15) is 0 Å². The van der Waals surface area contributed by atoms with Crippen LogP contribution in [0.3, 0.4) is 0 Å². The Morgan fingerprint density at radius 2 is 2.07 bits per heavy atom. The molecule has 0 radical (unpaired) electrons. The summed E-state index contributed by atoms with van der Waals surface area (Å²) < 4.78 is 2.04. The summed E-state index contributed by atoms with van der Waals surface area (Å²) in [6, 6.07) is 0. The zero-order chi connectivity index (χ0) is 10.1. The fourth-order valence-corrected chi connectivity index (χ4v) is 1.84. The topological polar surface area (TPSA) is 30.7 Å². The summed E-state index contributed by atoms with van der Waals surface area (Å²) in [6.07, 6.45) is 4.94. The summed E-state index contributed by atoms with van der Waals surface area (Å²) in [5.74, 6) is 0. The average Bonchev–Trinajstić information content (AvgIpc) is 2.48. The van der Waals surface area contributed by atoms with E-state index >= 15 is 0 Å². The van der Waals surface area contributed by atoms with E-state index in [0.29, 0.717) is 5.15 Å². The maximum atomic E-state index is 5.93. The van der Waals surface area contributed by atoms with Gasteiger partial charge in [0.15, 0.2) is 0 Å². The monoisotopic (exact) mass is 229 g/mol. The molecular weight excluding hydrogens is 221 g/mol. The predicted molar refractivity (Wildman–Crippen MR) is 57.8 cm³/mol. The number of nitrogens with zero attached hydrogens (tertiary/aromatic N) is 3. The van der Waals surface area contributed by atoms with Gasteiger partial charge < -0.3 is 4.57 Å². The molecule has 0 saturated carbocycles. The molecule has 2 aromatic heterocycles. The zero-order valence-corrected chi connectivity index (χ0v) is 9.18. The molecule has 14 heavy (non-hydrogen) atoms. The summed E-state index contributed by atoms with van der Waals surface area (Å²) >= 11 is 11.6. The molecule has 0 aliphatic rings. The molecule has 0 amide bonds. The second kappa shape index (κ2) is 3.75. The quantitative estimate of drug-likeness (QED) is 0.586. The van der Waals surface area contributed by atoms with E-state index in [1.54, 1.807) is 0 Å². The molecule has 74 valence electrons. The van der Waals surface area contributed by atoms with E-state index in [1.807, 2.05) is 17.0 Å². The maximum absolute atomic E-state index is 5.93. The summed E-state index contributed by atoms with van der Waals surface area (Å²) in [7, 11) is 0. The van der Waals surface area contributed by atoms with Crippen LogP contribution in [0.4, 0.5) is 0 Å². The molecule has 0 fully saturated rings. The normalized spacial score (nSPS) is 11.1. The molecule has 0 atom stereocenters. The molecule has 0 spiro atoms. The Hall–Kier alpha value is -0.800. The van der Waals surface area contributed by atoms with Crippen molar-refractivity contribution in [1.82, 2.24) is 14.5 Å². The number of rotatable bonds is 2. The number of halogens is 2. The Morgan fingerprint density at radius 1 is 1.29 bits per heavy atom. The maximum Gasteiger partial charge on any atom is 0.224 e. The molecule has 0 aliphatic carbocycles. The summed E-state index contributed by atoms with van der Waals surface area (Å²) in [5.41, 5.74) is 0.795. The van der Waals surface area contributed by atoms with Gasteiger partial charge in [0, 0.05) is 18.9 Å². The van der Waals surface area contributed by atoms with E-state index in [2.05, 4.69) is 16.9 Å². The largest absolute Gasteiger partial charge is 0.351 e. The van der Waals surface area contributed by atoms with Crippen LogP contribution in [-0.4, -0.2) is 14.5 Å². The van der Waals surface area contributed by atoms with E-state index in [9.17, 15) is 0 Å². The molecule has 2 rings (SSSR count). The van der Waals surface area contributed by atoms with Crippen LogP contribution in [0.5, 0.6) is 0 Å². The van der Waals surface area contributed by atoms with E-state index < -0.39 is 0 Å². The van der Waals surface area contributed by atoms with Crippen LogP contribution in [0.15, 0.2) is 12.4 Å². The lowest BCUT2D eigenvalue weighted by atomic mass is 10.4. The van der Waals surface area contributed by atoms with Crippen molar-refractivity contribution in [3.05, 3.63) is 22.8 Å². The Bertz CT molecular complexity index is 464. The first-order chi connectivity index (χ1) is 6.70. The van der Waals surface area contributed by atoms with Crippen molar-refractivity contribution in [3.8, 4) is 0 Å². The number of fused-ring (bicyclic) bond motifs is 1. The van der Waals surface area contributed by atoms with Crippen molar-refractivity contribution < 1.29 is 0 Å². The van der Waals surface area contributed by atoms with Gasteiger partial charge in [-0.25, -0.2) is 9.97 Å². The zero-order valence-electron chi connectivity index (χ0n) is 7.67. The van der Waals surface area contributed by atoms with Gasteiger partial charge in [-0.1, -0.05) is 18.5 Å². The molecule has 3 nitrogen and oxygen atoms in total. The molecule has 5 heteroatoms. The first kappa shape index (κ1) is 9.74. The van der Waals surface area contributed by atoms with Gasteiger partial charge in [0.25, 0.3) is 0 Å². The third kappa shape index (κ3) is 1.70. The highest BCUT2D eigenvalue weighted by Crippen LogP contribution is 2.22. The van der Waals surface area contributed by atoms with E-state index in [0.717, 1.165) is 23.9 Å². The Balaban J connectivity index is 2.58. The van der Waals surface area contributed by atoms with Gasteiger partial charge in [-0.15, -0.1) is 0 Å². The SMILES string of the molecule is CCCn1cc2nc(Cl)nc(Cl)c2c1. The molecule has 0 bridgehead atoms. The third-order valence-corrected chi connectivity index (χ3v) is 2.42. The Kier molecular flexibility index (Phi) is 2.61. The van der Waals surface area contributed by atoms with Gasteiger partial charge in [-0.05, 0) is 18.0 Å². The van der Waals surface area contributed by atoms with Gasteiger partial charge in [0.2, 0.25) is 5.28 Å². The van der Waals surface area contributed by atoms with Crippen molar-refractivity contribution in [2.24, 2.45) is 0 Å². The van der Waals surface area contributed by atoms with Gasteiger partial charge >= 0.3 is 0 Å². The molecule has 2 aromatic rings. The van der Waals surface area contributed by atoms with Crippen molar-refractivity contribution in [1.29, 1.82) is 0 Å². The highest BCUT2D eigenvalue weighted by atomic mass is 35.5. The van der Waals surface area contributed by atoms with Crippen LogP contribution in [0.1, 0.15) is 13.3 Å². The lowest BCUT2D eigenvalue weighted by Gasteiger charge is -1.95. The minimum Gasteiger partial charge on any atom is -0.351 e. The van der Waals surface area contributed by atoms with E-state index in [4.69, 9.17) is 23.2 Å². The Morgan fingerprint density at radius 3 is 2.79 bits per heavy atom. The highest BCUT2D eigenvalue weighted by Gasteiger charge is 2.06. The summed E-state index contributed by atoms with van der Waals surface area (Å²) in [5, 5.41) is 1.45. The second-order valence-corrected chi connectivity index (χ2v) is 3.77. The van der Waals surface area contributed by atoms with Crippen molar-refractivity contribution >= 4 is 34.1 Å². The molecule has 0 unspecified atom stereocenters. The minimum atomic E-state index is 0.191. The summed E-state index contributed by atoms with van der Waals surface area (Å²) in [4.78, 5) is 7.97. The van der Waals surface area contributed by atoms with Gasteiger partial charge in [0.05, 0.1) is 10.9 Å². The van der Waals surface area contributed by atoms with Crippen LogP contribution in [-0.2, 0) is 6.54 Å². The number of hydrogen-bond acceptors (Lipinski definition) is 2. The number of aryl methyl sites for hydroxylation is 1. The van der Waals surface area contributed by atoms with Gasteiger partial charge in [0.1, 0.15) is 5.15 Å². The van der Waals surface area contributed by atoms with Crippen LogP contribution in [0.2, 0.25) is 10.4 Å². The standard InChI is InChI=1S/C9H9Cl2N3/c1-2-3-14-4-6-7(5-14)12-9(11)13-8(6)10/h4-5H,2-3H2,1H3. The minimum absolute atomic E-state index is 0.191. The van der Waals surface area contributed by atoms with Crippen molar-refractivity contribution in [3.63, 3.8) is 0 Å². The fourth-order valence-electron chi connectivity index (χ4n) is 1.40. The van der Waals surface area contributed by atoms with Crippen LogP contribution >= 0.6 is 23.2 Å². The lowest BCUT2D eigenvalue weighted by Crippen LogP contribution is -1.90. The van der Waals surface area contributed by atoms with Crippen LogP contribution in [0.25, 0.3) is 10.9 Å². The van der Waals surface area contributed by atoms with Crippen LogP contribution < -0.4 is 0 Å². The first-order valence-corrected chi connectivity index (χ1v) is 5.15. The molecule has 0 saturated heterocycles. The summed E-state index contributed by atoms with van der Waals surface area (Å²) in [6.45, 7) is 3.06. The van der Waals surface area contributed by atoms with Crippen LogP contribution in [0, 0.1) is 0 Å².